The van der Waals surface area contributed by atoms with Crippen LogP contribution in [0.15, 0.2) is 206 Å². The molecular weight excluding hydrogens is 761 g/mol. The van der Waals surface area contributed by atoms with Gasteiger partial charge < -0.3 is 0 Å². The molecule has 2 heteroatoms. The minimum atomic E-state index is 1.23. The van der Waals surface area contributed by atoms with Gasteiger partial charge in [-0.1, -0.05) is 176 Å². The Kier molecular flexibility index (Phi) is 7.45. The summed E-state index contributed by atoms with van der Waals surface area (Å²) < 4.78 is 5.45. The molecule has 0 fully saturated rings. The van der Waals surface area contributed by atoms with E-state index in [1.807, 2.05) is 22.7 Å². The van der Waals surface area contributed by atoms with Gasteiger partial charge in [-0.15, -0.1) is 22.7 Å². The van der Waals surface area contributed by atoms with Crippen LogP contribution in [0.5, 0.6) is 0 Å². The van der Waals surface area contributed by atoms with Gasteiger partial charge in [0.05, 0.1) is 0 Å². The third kappa shape index (κ3) is 5.08. The molecule has 2 heterocycles. The molecule has 11 aromatic carbocycles. The Morgan fingerprint density at radius 2 is 0.817 bits per heavy atom. The average molecular weight is 795 g/mol. The highest BCUT2D eigenvalue weighted by atomic mass is 32.1. The summed E-state index contributed by atoms with van der Waals surface area (Å²) in [5.41, 5.74) is 10.00. The molecule has 0 atom stereocenters. The second kappa shape index (κ2) is 13.2. The van der Waals surface area contributed by atoms with E-state index in [9.17, 15) is 0 Å². The molecule has 13 aromatic rings. The number of rotatable bonds is 4. The largest absolute Gasteiger partial charge is 0.135 e. The molecule has 0 bridgehead atoms. The van der Waals surface area contributed by atoms with Crippen LogP contribution in [-0.4, -0.2) is 0 Å². The summed E-state index contributed by atoms with van der Waals surface area (Å²) in [6, 6.07) is 76.8. The molecule has 0 saturated heterocycles. The van der Waals surface area contributed by atoms with E-state index in [0.717, 1.165) is 0 Å². The van der Waals surface area contributed by atoms with Crippen LogP contribution in [0.4, 0.5) is 0 Å². The molecule has 0 spiro atoms. The molecule has 0 unspecified atom stereocenters. The van der Waals surface area contributed by atoms with Crippen molar-refractivity contribution in [1.29, 1.82) is 0 Å². The van der Waals surface area contributed by atoms with E-state index < -0.39 is 0 Å². The van der Waals surface area contributed by atoms with Crippen molar-refractivity contribution >= 4 is 106 Å². The van der Waals surface area contributed by atoms with Gasteiger partial charge in [0.2, 0.25) is 0 Å². The fourth-order valence-corrected chi connectivity index (χ4v) is 12.4. The van der Waals surface area contributed by atoms with Crippen molar-refractivity contribution < 1.29 is 0 Å². The number of fused-ring (bicyclic) bond motifs is 11. The molecule has 0 aliphatic carbocycles. The Morgan fingerprint density at radius 3 is 1.55 bits per heavy atom. The van der Waals surface area contributed by atoms with Crippen molar-refractivity contribution in [2.45, 2.75) is 0 Å². The summed E-state index contributed by atoms with van der Waals surface area (Å²) in [4.78, 5) is 0. The third-order valence-corrected chi connectivity index (χ3v) is 15.0. The molecule has 0 aliphatic heterocycles. The van der Waals surface area contributed by atoms with Crippen LogP contribution in [-0.2, 0) is 0 Å². The summed E-state index contributed by atoms with van der Waals surface area (Å²) in [7, 11) is 0. The number of thiophene rings is 2. The third-order valence-electron chi connectivity index (χ3n) is 12.7. The molecule has 0 radical (unpaired) electrons. The van der Waals surface area contributed by atoms with Crippen LogP contribution >= 0.6 is 22.7 Å². The molecule has 0 amide bonds. The molecule has 13 rings (SSSR count). The fourth-order valence-electron chi connectivity index (χ4n) is 9.91. The van der Waals surface area contributed by atoms with Crippen molar-refractivity contribution in [3.05, 3.63) is 206 Å². The fraction of sp³-hybridized carbons (Fsp3) is 0. The Balaban J connectivity index is 0.973. The Hall–Kier alpha value is -7.10. The van der Waals surface area contributed by atoms with Crippen LogP contribution in [0.1, 0.15) is 0 Å². The van der Waals surface area contributed by atoms with Crippen LogP contribution < -0.4 is 0 Å². The SMILES string of the molecule is c1ccc(-c2ccc(-c3c4ccccc4c(-c4ccc(-c5ccc6cc7c(cc6c5)sc5c7ccc6sc7ccccc7c65)c5ccccc45)c4ccccc34)cc2)cc1. The maximum absolute atomic E-state index is 2.42. The topological polar surface area (TPSA) is 0 Å². The molecule has 2 aromatic heterocycles. The van der Waals surface area contributed by atoms with Crippen LogP contribution in [0.2, 0.25) is 0 Å². The molecule has 0 N–H and O–H groups in total. The summed E-state index contributed by atoms with van der Waals surface area (Å²) in [5.74, 6) is 0. The molecular formula is C58H34S2. The number of benzene rings is 11. The minimum absolute atomic E-state index is 1.23. The van der Waals surface area contributed by atoms with Crippen molar-refractivity contribution in [1.82, 2.24) is 0 Å². The quantitative estimate of drug-likeness (QED) is 0.156. The monoisotopic (exact) mass is 794 g/mol. The number of hydrogen-bond donors (Lipinski definition) is 0. The van der Waals surface area contributed by atoms with Gasteiger partial charge in [-0.25, -0.2) is 0 Å². The van der Waals surface area contributed by atoms with E-state index in [4.69, 9.17) is 0 Å². The van der Waals surface area contributed by atoms with Gasteiger partial charge in [0, 0.05) is 40.3 Å². The van der Waals surface area contributed by atoms with Crippen molar-refractivity contribution in [2.24, 2.45) is 0 Å². The standard InChI is InChI=1S/C58H34S2/c1-2-12-35(13-3-1)36-22-24-37(25-23-36)55-44-16-6-8-18-46(44)56(47-19-9-7-17-45(47)55)48-29-28-41(42-14-4-5-15-43(42)48)39-27-26-38-33-51-49-30-31-53-57(50-20-10-11-21-52(50)59-53)58(49)60-54(51)34-40(38)32-39/h1-34H. The minimum Gasteiger partial charge on any atom is -0.135 e. The Labute approximate surface area is 354 Å². The van der Waals surface area contributed by atoms with Crippen molar-refractivity contribution in [2.75, 3.05) is 0 Å². The summed E-state index contributed by atoms with van der Waals surface area (Å²) >= 11 is 3.83. The molecule has 60 heavy (non-hydrogen) atoms. The van der Waals surface area contributed by atoms with E-state index >= 15 is 0 Å². The van der Waals surface area contributed by atoms with E-state index in [1.54, 1.807) is 0 Å². The van der Waals surface area contributed by atoms with Crippen LogP contribution in [0.25, 0.3) is 128 Å². The van der Waals surface area contributed by atoms with Crippen LogP contribution in [0, 0.1) is 0 Å². The lowest BCUT2D eigenvalue weighted by Crippen LogP contribution is -1.92. The van der Waals surface area contributed by atoms with Gasteiger partial charge in [0.1, 0.15) is 0 Å². The van der Waals surface area contributed by atoms with Gasteiger partial charge in [0.15, 0.2) is 0 Å². The maximum Gasteiger partial charge on any atom is 0.0448 e. The first-order valence-electron chi connectivity index (χ1n) is 20.6. The maximum atomic E-state index is 2.42. The lowest BCUT2D eigenvalue weighted by molar-refractivity contribution is 1.61. The normalized spacial score (nSPS) is 12.0. The average Bonchev–Trinajstić information content (AvgIpc) is 3.88. The molecule has 278 valence electrons. The van der Waals surface area contributed by atoms with Crippen molar-refractivity contribution in [3.8, 4) is 44.5 Å². The van der Waals surface area contributed by atoms with E-state index in [2.05, 4.69) is 206 Å². The summed E-state index contributed by atoms with van der Waals surface area (Å²) in [5, 5.41) is 15.6. The zero-order valence-corrected chi connectivity index (χ0v) is 34.1. The smallest absolute Gasteiger partial charge is 0.0448 e. The summed E-state index contributed by atoms with van der Waals surface area (Å²) in [6.07, 6.45) is 0. The lowest BCUT2D eigenvalue weighted by Gasteiger charge is -2.20. The van der Waals surface area contributed by atoms with E-state index in [-0.39, 0.29) is 0 Å². The van der Waals surface area contributed by atoms with Gasteiger partial charge >= 0.3 is 0 Å². The first-order chi connectivity index (χ1) is 29.7. The lowest BCUT2D eigenvalue weighted by atomic mass is 9.83. The van der Waals surface area contributed by atoms with Crippen molar-refractivity contribution in [3.63, 3.8) is 0 Å². The second-order valence-corrected chi connectivity index (χ2v) is 18.1. The highest BCUT2D eigenvalue weighted by Crippen LogP contribution is 2.48. The van der Waals surface area contributed by atoms with Gasteiger partial charge in [-0.05, 0) is 118 Å². The predicted molar refractivity (Wildman–Crippen MR) is 264 cm³/mol. The molecule has 0 nitrogen and oxygen atoms in total. The first-order valence-corrected chi connectivity index (χ1v) is 22.2. The van der Waals surface area contributed by atoms with E-state index in [1.165, 1.54) is 128 Å². The van der Waals surface area contributed by atoms with Crippen LogP contribution in [0.3, 0.4) is 0 Å². The highest BCUT2D eigenvalue weighted by molar-refractivity contribution is 7.29. The Bertz CT molecular complexity index is 3810. The Morgan fingerprint density at radius 1 is 0.250 bits per heavy atom. The second-order valence-electron chi connectivity index (χ2n) is 15.9. The predicted octanol–water partition coefficient (Wildman–Crippen LogP) is 17.7. The first kappa shape index (κ1) is 33.8. The van der Waals surface area contributed by atoms with E-state index in [0.29, 0.717) is 0 Å². The zero-order valence-electron chi connectivity index (χ0n) is 32.4. The zero-order chi connectivity index (χ0) is 39.3. The highest BCUT2D eigenvalue weighted by Gasteiger charge is 2.20. The summed E-state index contributed by atoms with van der Waals surface area (Å²) in [6.45, 7) is 0. The number of hydrogen-bond acceptors (Lipinski definition) is 2. The molecule has 0 saturated carbocycles. The van der Waals surface area contributed by atoms with Gasteiger partial charge in [-0.2, -0.15) is 0 Å². The van der Waals surface area contributed by atoms with Gasteiger partial charge in [0.25, 0.3) is 0 Å². The van der Waals surface area contributed by atoms with Gasteiger partial charge in [-0.3, -0.25) is 0 Å². The molecule has 0 aliphatic rings.